The predicted octanol–water partition coefficient (Wildman–Crippen LogP) is 2.35. The maximum Gasteiger partial charge on any atom is 0.292 e. The first-order valence-corrected chi connectivity index (χ1v) is 7.38. The molecule has 0 spiro atoms. The van der Waals surface area contributed by atoms with Crippen molar-refractivity contribution in [1.82, 2.24) is 19.3 Å². The molecule has 1 aromatic carbocycles. The Morgan fingerprint density at radius 2 is 2.09 bits per heavy atom. The first kappa shape index (κ1) is 15.1. The molecule has 3 rings (SSSR count). The second-order valence-electron chi connectivity index (χ2n) is 5.60. The van der Waals surface area contributed by atoms with E-state index in [1.54, 1.807) is 28.7 Å². The molecule has 0 saturated heterocycles. The molecule has 7 nitrogen and oxygen atoms in total. The van der Waals surface area contributed by atoms with Crippen LogP contribution in [0.5, 0.6) is 5.75 Å². The summed E-state index contributed by atoms with van der Waals surface area (Å²) in [4.78, 5) is 16.5. The van der Waals surface area contributed by atoms with E-state index in [1.165, 1.54) is 0 Å². The van der Waals surface area contributed by atoms with Gasteiger partial charge in [0.15, 0.2) is 11.6 Å². The molecule has 0 radical (unpaired) electrons. The first-order valence-electron chi connectivity index (χ1n) is 7.38. The van der Waals surface area contributed by atoms with Gasteiger partial charge in [0.05, 0.1) is 17.0 Å². The zero-order valence-corrected chi connectivity index (χ0v) is 13.6. The fourth-order valence-electron chi connectivity index (χ4n) is 2.47. The molecule has 0 aliphatic rings. The molecule has 2 aromatic heterocycles. The Hall–Kier alpha value is -2.83. The maximum atomic E-state index is 12.4. The van der Waals surface area contributed by atoms with Crippen molar-refractivity contribution >= 4 is 22.6 Å². The number of aryl methyl sites for hydroxylation is 2. The molecular formula is C16H19N5O2. The highest BCUT2D eigenvalue weighted by atomic mass is 16.5. The van der Waals surface area contributed by atoms with Crippen molar-refractivity contribution in [2.75, 3.05) is 5.32 Å². The van der Waals surface area contributed by atoms with Crippen LogP contribution >= 0.6 is 0 Å². The largest absolute Gasteiger partial charge is 0.490 e. The zero-order chi connectivity index (χ0) is 16.6. The number of carbonyl (C=O) groups is 1. The lowest BCUT2D eigenvalue weighted by atomic mass is 10.2. The molecule has 3 aromatic rings. The fourth-order valence-corrected chi connectivity index (χ4v) is 2.47. The Morgan fingerprint density at radius 3 is 2.74 bits per heavy atom. The molecule has 0 fully saturated rings. The van der Waals surface area contributed by atoms with Crippen LogP contribution in [-0.4, -0.2) is 31.3 Å². The predicted molar refractivity (Wildman–Crippen MR) is 87.6 cm³/mol. The van der Waals surface area contributed by atoms with Crippen LogP contribution in [0, 0.1) is 0 Å². The van der Waals surface area contributed by atoms with Crippen molar-refractivity contribution in [2.24, 2.45) is 14.1 Å². The standard InChI is InChI=1S/C16H19N5O2/c1-10(2)23-12-7-5-6-11-13(12)14(19-21(11)4)18-16(22)15-17-8-9-20(15)3/h5-10H,1-4H3,(H,18,19,22). The van der Waals surface area contributed by atoms with E-state index in [0.29, 0.717) is 17.4 Å². The molecule has 120 valence electrons. The molecule has 1 N–H and O–H groups in total. The molecule has 0 aliphatic heterocycles. The van der Waals surface area contributed by atoms with Crippen LogP contribution in [0.15, 0.2) is 30.6 Å². The van der Waals surface area contributed by atoms with E-state index in [0.717, 1.165) is 10.9 Å². The summed E-state index contributed by atoms with van der Waals surface area (Å²) in [6.45, 7) is 3.92. The third kappa shape index (κ3) is 2.77. The average Bonchev–Trinajstić information content (AvgIpc) is 3.04. The molecule has 2 heterocycles. The van der Waals surface area contributed by atoms with Gasteiger partial charge in [-0.25, -0.2) is 4.98 Å². The van der Waals surface area contributed by atoms with Gasteiger partial charge >= 0.3 is 0 Å². The highest BCUT2D eigenvalue weighted by molar-refractivity contribution is 6.07. The summed E-state index contributed by atoms with van der Waals surface area (Å²) in [6, 6.07) is 5.72. The number of nitrogens with zero attached hydrogens (tertiary/aromatic N) is 4. The number of hydrogen-bond acceptors (Lipinski definition) is 4. The third-order valence-corrected chi connectivity index (χ3v) is 3.46. The summed E-state index contributed by atoms with van der Waals surface area (Å²) in [6.07, 6.45) is 3.33. The smallest absolute Gasteiger partial charge is 0.292 e. The summed E-state index contributed by atoms with van der Waals surface area (Å²) in [7, 11) is 3.60. The van der Waals surface area contributed by atoms with Crippen LogP contribution in [0.1, 0.15) is 24.5 Å². The van der Waals surface area contributed by atoms with Gasteiger partial charge in [-0.15, -0.1) is 0 Å². The second-order valence-corrected chi connectivity index (χ2v) is 5.60. The number of amides is 1. The highest BCUT2D eigenvalue weighted by Crippen LogP contribution is 2.32. The molecule has 23 heavy (non-hydrogen) atoms. The number of anilines is 1. The van der Waals surface area contributed by atoms with Gasteiger partial charge in [-0.2, -0.15) is 5.10 Å². The van der Waals surface area contributed by atoms with Crippen molar-refractivity contribution in [3.8, 4) is 5.75 Å². The lowest BCUT2D eigenvalue weighted by Crippen LogP contribution is -2.17. The van der Waals surface area contributed by atoms with E-state index in [-0.39, 0.29) is 12.0 Å². The highest BCUT2D eigenvalue weighted by Gasteiger charge is 2.19. The quantitative estimate of drug-likeness (QED) is 0.802. The average molecular weight is 313 g/mol. The number of carbonyl (C=O) groups excluding carboxylic acids is 1. The van der Waals surface area contributed by atoms with E-state index in [2.05, 4.69) is 15.4 Å². The van der Waals surface area contributed by atoms with Gasteiger partial charge in [-0.1, -0.05) is 6.07 Å². The summed E-state index contributed by atoms with van der Waals surface area (Å²) in [5.41, 5.74) is 0.887. The van der Waals surface area contributed by atoms with Crippen LogP contribution in [0.4, 0.5) is 5.82 Å². The Morgan fingerprint density at radius 1 is 1.30 bits per heavy atom. The van der Waals surface area contributed by atoms with Crippen LogP contribution in [0.2, 0.25) is 0 Å². The lowest BCUT2D eigenvalue weighted by molar-refractivity contribution is 0.101. The number of imidazole rings is 1. The van der Waals surface area contributed by atoms with E-state index in [1.807, 2.05) is 39.1 Å². The lowest BCUT2D eigenvalue weighted by Gasteiger charge is -2.11. The SMILES string of the molecule is CC(C)Oc1cccc2c1c(NC(=O)c1nccn1C)nn2C. The van der Waals surface area contributed by atoms with Crippen molar-refractivity contribution in [1.29, 1.82) is 0 Å². The Kier molecular flexibility index (Phi) is 3.77. The molecule has 0 saturated carbocycles. The summed E-state index contributed by atoms with van der Waals surface area (Å²) < 4.78 is 9.23. The number of benzene rings is 1. The van der Waals surface area contributed by atoms with E-state index in [9.17, 15) is 4.79 Å². The Bertz CT molecular complexity index is 863. The minimum atomic E-state index is -0.308. The summed E-state index contributed by atoms with van der Waals surface area (Å²) in [5, 5.41) is 8.02. The number of fused-ring (bicyclic) bond motifs is 1. The summed E-state index contributed by atoms with van der Waals surface area (Å²) in [5.74, 6) is 1.18. The van der Waals surface area contributed by atoms with Gasteiger partial charge in [0.1, 0.15) is 5.75 Å². The van der Waals surface area contributed by atoms with Gasteiger partial charge < -0.3 is 14.6 Å². The van der Waals surface area contributed by atoms with Crippen LogP contribution in [0.3, 0.4) is 0 Å². The van der Waals surface area contributed by atoms with Crippen LogP contribution in [-0.2, 0) is 14.1 Å². The molecule has 1 amide bonds. The van der Waals surface area contributed by atoms with E-state index < -0.39 is 0 Å². The maximum absolute atomic E-state index is 12.4. The molecule has 0 atom stereocenters. The van der Waals surface area contributed by atoms with Crippen molar-refractivity contribution in [2.45, 2.75) is 20.0 Å². The minimum Gasteiger partial charge on any atom is -0.490 e. The number of hydrogen-bond donors (Lipinski definition) is 1. The third-order valence-electron chi connectivity index (χ3n) is 3.46. The van der Waals surface area contributed by atoms with Gasteiger partial charge in [0, 0.05) is 26.5 Å². The molecular weight excluding hydrogens is 294 g/mol. The molecule has 0 bridgehead atoms. The monoisotopic (exact) mass is 313 g/mol. The number of nitrogens with one attached hydrogen (secondary N) is 1. The number of ether oxygens (including phenoxy) is 1. The van der Waals surface area contributed by atoms with Crippen LogP contribution in [0.25, 0.3) is 10.9 Å². The molecule has 0 unspecified atom stereocenters. The van der Waals surface area contributed by atoms with Gasteiger partial charge in [0.25, 0.3) is 5.91 Å². The molecule has 0 aliphatic carbocycles. The Balaban J connectivity index is 2.04. The van der Waals surface area contributed by atoms with Crippen LogP contribution < -0.4 is 10.1 Å². The first-order chi connectivity index (χ1) is 11.0. The van der Waals surface area contributed by atoms with Crippen molar-refractivity contribution in [3.63, 3.8) is 0 Å². The summed E-state index contributed by atoms with van der Waals surface area (Å²) >= 11 is 0. The number of rotatable bonds is 4. The van der Waals surface area contributed by atoms with Gasteiger partial charge in [-0.3, -0.25) is 9.48 Å². The number of aromatic nitrogens is 4. The van der Waals surface area contributed by atoms with E-state index in [4.69, 9.17) is 4.74 Å². The Labute approximate surface area is 133 Å². The second kappa shape index (κ2) is 5.75. The minimum absolute atomic E-state index is 0.0268. The molecule has 7 heteroatoms. The fraction of sp³-hybridized carbons (Fsp3) is 0.312. The van der Waals surface area contributed by atoms with Crippen molar-refractivity contribution < 1.29 is 9.53 Å². The van der Waals surface area contributed by atoms with Crippen molar-refractivity contribution in [3.05, 3.63) is 36.4 Å². The van der Waals surface area contributed by atoms with E-state index >= 15 is 0 Å². The van der Waals surface area contributed by atoms with Gasteiger partial charge in [-0.05, 0) is 26.0 Å². The zero-order valence-electron chi connectivity index (χ0n) is 13.6. The normalized spacial score (nSPS) is 11.2. The topological polar surface area (TPSA) is 74.0 Å². The van der Waals surface area contributed by atoms with Gasteiger partial charge in [0.2, 0.25) is 0 Å².